The van der Waals surface area contributed by atoms with Crippen molar-refractivity contribution in [2.75, 3.05) is 13.1 Å². The van der Waals surface area contributed by atoms with Crippen LogP contribution in [0, 0.1) is 6.92 Å². The molecule has 2 aromatic heterocycles. The van der Waals surface area contributed by atoms with E-state index in [0.29, 0.717) is 33.6 Å². The molecule has 0 bridgehead atoms. The maximum atomic E-state index is 6.56. The third kappa shape index (κ3) is 3.83. The van der Waals surface area contributed by atoms with Gasteiger partial charge in [0.05, 0.1) is 10.6 Å². The first-order chi connectivity index (χ1) is 15.4. The molecular formula is C24H23Cl2N5O. The van der Waals surface area contributed by atoms with Gasteiger partial charge in [0.15, 0.2) is 5.65 Å². The van der Waals surface area contributed by atoms with Crippen LogP contribution in [-0.4, -0.2) is 49.7 Å². The quantitative estimate of drug-likeness (QED) is 0.385. The molecule has 1 saturated heterocycles. The van der Waals surface area contributed by atoms with Gasteiger partial charge >= 0.3 is 6.01 Å². The molecule has 0 saturated carbocycles. The maximum Gasteiger partial charge on any atom is 0.321 e. The molecule has 6 nitrogen and oxygen atoms in total. The zero-order chi connectivity index (χ0) is 22.4. The van der Waals surface area contributed by atoms with Gasteiger partial charge in [-0.3, -0.25) is 4.90 Å². The number of fused-ring (bicyclic) bond motifs is 1. The molecule has 0 aliphatic carbocycles. The topological polar surface area (TPSA) is 55.5 Å². The predicted molar refractivity (Wildman–Crippen MR) is 128 cm³/mol. The van der Waals surface area contributed by atoms with Crippen molar-refractivity contribution in [3.8, 4) is 28.4 Å². The highest BCUT2D eigenvalue weighted by Crippen LogP contribution is 2.39. The van der Waals surface area contributed by atoms with E-state index >= 15 is 0 Å². The zero-order valence-corrected chi connectivity index (χ0v) is 19.6. The lowest BCUT2D eigenvalue weighted by atomic mass is 10.0. The second-order valence-corrected chi connectivity index (χ2v) is 9.13. The number of hydrogen-bond acceptors (Lipinski definition) is 5. The summed E-state index contributed by atoms with van der Waals surface area (Å²) in [6.07, 6.45) is 0.0712. The van der Waals surface area contributed by atoms with Crippen LogP contribution in [0.15, 0.2) is 48.5 Å². The van der Waals surface area contributed by atoms with E-state index in [-0.39, 0.29) is 6.10 Å². The molecule has 0 N–H and O–H groups in total. The fourth-order valence-electron chi connectivity index (χ4n) is 3.93. The van der Waals surface area contributed by atoms with Crippen LogP contribution in [0.3, 0.4) is 0 Å². The average Bonchev–Trinajstić information content (AvgIpc) is 3.10. The van der Waals surface area contributed by atoms with E-state index in [4.69, 9.17) is 38.0 Å². The Morgan fingerprint density at radius 2 is 1.72 bits per heavy atom. The Morgan fingerprint density at radius 3 is 2.41 bits per heavy atom. The SMILES string of the molecule is Cc1nc(OC2CN(C(C)C)C2)n2nc(-c3ccccc3Cl)c(-c3ccc(Cl)cc3)c2n1. The number of rotatable bonds is 5. The molecule has 5 rings (SSSR count). The predicted octanol–water partition coefficient (Wildman–Crippen LogP) is 5.54. The maximum absolute atomic E-state index is 6.56. The van der Waals surface area contributed by atoms with E-state index in [0.717, 1.165) is 35.5 Å². The van der Waals surface area contributed by atoms with Crippen molar-refractivity contribution in [1.82, 2.24) is 24.5 Å². The van der Waals surface area contributed by atoms with Gasteiger partial charge in [-0.2, -0.15) is 14.6 Å². The van der Waals surface area contributed by atoms with E-state index in [2.05, 4.69) is 23.7 Å². The van der Waals surface area contributed by atoms with Crippen LogP contribution in [0.5, 0.6) is 6.01 Å². The van der Waals surface area contributed by atoms with Crippen molar-refractivity contribution >= 4 is 28.8 Å². The molecule has 0 atom stereocenters. The number of aromatic nitrogens is 4. The molecule has 8 heteroatoms. The number of nitrogens with zero attached hydrogens (tertiary/aromatic N) is 5. The molecule has 1 aliphatic heterocycles. The van der Waals surface area contributed by atoms with Gasteiger partial charge in [-0.25, -0.2) is 4.98 Å². The molecule has 1 aliphatic rings. The van der Waals surface area contributed by atoms with Crippen LogP contribution >= 0.6 is 23.2 Å². The molecule has 32 heavy (non-hydrogen) atoms. The van der Waals surface area contributed by atoms with Crippen molar-refractivity contribution in [2.45, 2.75) is 32.9 Å². The number of benzene rings is 2. The summed E-state index contributed by atoms with van der Waals surface area (Å²) >= 11 is 12.7. The van der Waals surface area contributed by atoms with Crippen molar-refractivity contribution in [1.29, 1.82) is 0 Å². The number of aryl methyl sites for hydroxylation is 1. The summed E-state index contributed by atoms with van der Waals surface area (Å²) in [6, 6.07) is 16.2. The van der Waals surface area contributed by atoms with Crippen LogP contribution in [0.2, 0.25) is 10.0 Å². The van der Waals surface area contributed by atoms with E-state index in [1.165, 1.54) is 0 Å². The summed E-state index contributed by atoms with van der Waals surface area (Å²) in [5.41, 5.74) is 4.02. The normalized spacial score (nSPS) is 14.8. The number of ether oxygens (including phenoxy) is 1. The fourth-order valence-corrected chi connectivity index (χ4v) is 4.28. The molecule has 164 valence electrons. The molecule has 0 unspecified atom stereocenters. The minimum atomic E-state index is 0.0712. The summed E-state index contributed by atoms with van der Waals surface area (Å²) in [5, 5.41) is 6.17. The Kier molecular flexibility index (Phi) is 5.53. The first-order valence-electron chi connectivity index (χ1n) is 10.6. The van der Waals surface area contributed by atoms with Gasteiger partial charge < -0.3 is 4.74 Å². The Labute approximate surface area is 196 Å². The van der Waals surface area contributed by atoms with Gasteiger partial charge in [-0.15, -0.1) is 0 Å². The molecule has 0 spiro atoms. The Morgan fingerprint density at radius 1 is 1.00 bits per heavy atom. The van der Waals surface area contributed by atoms with Crippen molar-refractivity contribution in [2.24, 2.45) is 0 Å². The molecular weight excluding hydrogens is 445 g/mol. The van der Waals surface area contributed by atoms with Crippen LogP contribution in [0.4, 0.5) is 0 Å². The third-order valence-corrected chi connectivity index (χ3v) is 6.29. The van der Waals surface area contributed by atoms with Gasteiger partial charge in [-0.05, 0) is 44.5 Å². The zero-order valence-electron chi connectivity index (χ0n) is 18.1. The van der Waals surface area contributed by atoms with Crippen LogP contribution in [-0.2, 0) is 0 Å². The Hall–Kier alpha value is -2.67. The second kappa shape index (κ2) is 8.35. The molecule has 0 amide bonds. The highest BCUT2D eigenvalue weighted by Gasteiger charge is 2.32. The van der Waals surface area contributed by atoms with Crippen molar-refractivity contribution in [3.63, 3.8) is 0 Å². The van der Waals surface area contributed by atoms with E-state index < -0.39 is 0 Å². The van der Waals surface area contributed by atoms with E-state index in [9.17, 15) is 0 Å². The molecule has 1 fully saturated rings. The first-order valence-corrected chi connectivity index (χ1v) is 11.3. The average molecular weight is 468 g/mol. The highest BCUT2D eigenvalue weighted by atomic mass is 35.5. The van der Waals surface area contributed by atoms with Gasteiger partial charge in [-0.1, -0.05) is 53.5 Å². The third-order valence-electron chi connectivity index (χ3n) is 5.71. The number of likely N-dealkylation sites (tertiary alicyclic amines) is 1. The van der Waals surface area contributed by atoms with Crippen molar-refractivity contribution in [3.05, 3.63) is 64.4 Å². The lowest BCUT2D eigenvalue weighted by Gasteiger charge is -2.41. The van der Waals surface area contributed by atoms with Gasteiger partial charge in [0, 0.05) is 29.7 Å². The molecule has 2 aromatic carbocycles. The highest BCUT2D eigenvalue weighted by molar-refractivity contribution is 6.33. The van der Waals surface area contributed by atoms with Crippen LogP contribution in [0.1, 0.15) is 19.7 Å². The summed E-state index contributed by atoms with van der Waals surface area (Å²) in [6.45, 7) is 7.97. The largest absolute Gasteiger partial charge is 0.457 e. The summed E-state index contributed by atoms with van der Waals surface area (Å²) in [7, 11) is 0. The van der Waals surface area contributed by atoms with Crippen molar-refractivity contribution < 1.29 is 4.74 Å². The molecule has 0 radical (unpaired) electrons. The van der Waals surface area contributed by atoms with E-state index in [1.54, 1.807) is 4.52 Å². The lowest BCUT2D eigenvalue weighted by molar-refractivity contribution is -0.00639. The minimum Gasteiger partial charge on any atom is -0.457 e. The Bertz CT molecular complexity index is 1280. The molecule has 4 aromatic rings. The summed E-state index contributed by atoms with van der Waals surface area (Å²) < 4.78 is 7.96. The first kappa shape index (κ1) is 21.2. The number of halogens is 2. The summed E-state index contributed by atoms with van der Waals surface area (Å²) in [5.74, 6) is 0.619. The standard InChI is InChI=1S/C24H23Cl2N5O/c1-14(2)30-12-18(13-30)32-24-28-15(3)27-23-21(16-8-10-17(25)11-9-16)22(29-31(23)24)19-6-4-5-7-20(19)26/h4-11,14,18H,12-13H2,1-3H3. The second-order valence-electron chi connectivity index (χ2n) is 8.29. The van der Waals surface area contributed by atoms with Gasteiger partial charge in [0.2, 0.25) is 0 Å². The Balaban J connectivity index is 1.67. The lowest BCUT2D eigenvalue weighted by Crippen LogP contribution is -2.56. The monoisotopic (exact) mass is 467 g/mol. The van der Waals surface area contributed by atoms with Gasteiger partial charge in [0.1, 0.15) is 17.6 Å². The minimum absolute atomic E-state index is 0.0712. The van der Waals surface area contributed by atoms with Crippen LogP contribution in [0.25, 0.3) is 28.0 Å². The van der Waals surface area contributed by atoms with Crippen LogP contribution < -0.4 is 4.74 Å². The fraction of sp³-hybridized carbons (Fsp3) is 0.292. The smallest absolute Gasteiger partial charge is 0.321 e. The van der Waals surface area contributed by atoms with Gasteiger partial charge in [0.25, 0.3) is 0 Å². The molecule has 3 heterocycles. The summed E-state index contributed by atoms with van der Waals surface area (Å²) in [4.78, 5) is 11.6. The van der Waals surface area contributed by atoms with E-state index in [1.807, 2.05) is 55.5 Å². The number of hydrogen-bond donors (Lipinski definition) is 0.